The molecular weight excluding hydrogens is 208 g/mol. The molecule has 1 aliphatic carbocycles. The fourth-order valence-corrected chi connectivity index (χ4v) is 2.00. The highest BCUT2D eigenvalue weighted by atomic mass is 16.6. The fourth-order valence-electron chi connectivity index (χ4n) is 2.00. The van der Waals surface area contributed by atoms with Crippen LogP contribution in [-0.2, 0) is 7.05 Å². The Morgan fingerprint density at radius 2 is 2.50 bits per heavy atom. The van der Waals surface area contributed by atoms with Crippen LogP contribution in [0.4, 0.5) is 11.5 Å². The van der Waals surface area contributed by atoms with Crippen molar-refractivity contribution in [2.75, 3.05) is 5.32 Å². The molecule has 0 saturated heterocycles. The van der Waals surface area contributed by atoms with Gasteiger partial charge in [0.2, 0.25) is 5.82 Å². The summed E-state index contributed by atoms with van der Waals surface area (Å²) in [5.74, 6) is 1.06. The summed E-state index contributed by atoms with van der Waals surface area (Å²) in [6.07, 6.45) is 4.87. The number of nitrogens with zero attached hydrogens (tertiary/aromatic N) is 3. The van der Waals surface area contributed by atoms with Gasteiger partial charge in [-0.1, -0.05) is 13.3 Å². The zero-order chi connectivity index (χ0) is 11.7. The maximum absolute atomic E-state index is 10.8. The first kappa shape index (κ1) is 10.9. The number of aryl methyl sites for hydroxylation is 1. The van der Waals surface area contributed by atoms with Gasteiger partial charge in [-0.15, -0.1) is 5.10 Å². The van der Waals surface area contributed by atoms with E-state index in [0.29, 0.717) is 17.8 Å². The van der Waals surface area contributed by atoms with Crippen LogP contribution in [0.25, 0.3) is 0 Å². The van der Waals surface area contributed by atoms with Gasteiger partial charge in [-0.25, -0.2) is 0 Å². The molecule has 16 heavy (non-hydrogen) atoms. The normalized spacial score (nSPS) is 23.1. The summed E-state index contributed by atoms with van der Waals surface area (Å²) in [5, 5.41) is 18.0. The summed E-state index contributed by atoms with van der Waals surface area (Å²) >= 11 is 0. The van der Waals surface area contributed by atoms with E-state index >= 15 is 0 Å². The molecule has 6 heteroatoms. The number of nitro groups is 1. The molecule has 1 N–H and O–H groups in total. The maximum Gasteiger partial charge on any atom is 0.330 e. The zero-order valence-electron chi connectivity index (χ0n) is 9.51. The molecule has 2 rings (SSSR count). The highest BCUT2D eigenvalue weighted by Gasteiger charge is 2.37. The molecule has 1 aliphatic rings. The van der Waals surface area contributed by atoms with E-state index in [2.05, 4.69) is 17.3 Å². The van der Waals surface area contributed by atoms with Gasteiger partial charge in [-0.2, -0.15) is 0 Å². The quantitative estimate of drug-likeness (QED) is 0.612. The van der Waals surface area contributed by atoms with Gasteiger partial charge >= 0.3 is 5.69 Å². The number of rotatable bonds is 5. The van der Waals surface area contributed by atoms with Crippen LogP contribution in [0, 0.1) is 16.0 Å². The van der Waals surface area contributed by atoms with Gasteiger partial charge in [-0.3, -0.25) is 14.8 Å². The van der Waals surface area contributed by atoms with Crippen LogP contribution in [0.3, 0.4) is 0 Å². The lowest BCUT2D eigenvalue weighted by Crippen LogP contribution is -2.07. The van der Waals surface area contributed by atoms with Crippen molar-refractivity contribution in [3.05, 3.63) is 16.3 Å². The summed E-state index contributed by atoms with van der Waals surface area (Å²) in [7, 11) is 1.69. The monoisotopic (exact) mass is 224 g/mol. The van der Waals surface area contributed by atoms with Crippen molar-refractivity contribution in [3.63, 3.8) is 0 Å². The molecule has 1 saturated carbocycles. The van der Waals surface area contributed by atoms with Crippen LogP contribution in [0.1, 0.15) is 26.2 Å². The van der Waals surface area contributed by atoms with Crippen LogP contribution < -0.4 is 5.32 Å². The Labute approximate surface area is 93.8 Å². The van der Waals surface area contributed by atoms with Crippen molar-refractivity contribution in [2.45, 2.75) is 32.2 Å². The van der Waals surface area contributed by atoms with Gasteiger partial charge in [0.1, 0.15) is 6.20 Å². The number of anilines is 1. The number of nitrogens with one attached hydrogen (secondary N) is 1. The van der Waals surface area contributed by atoms with Gasteiger partial charge in [0, 0.05) is 13.1 Å². The van der Waals surface area contributed by atoms with E-state index in [0.717, 1.165) is 12.8 Å². The topological polar surface area (TPSA) is 73.0 Å². The van der Waals surface area contributed by atoms with Gasteiger partial charge in [-0.05, 0) is 18.8 Å². The minimum Gasteiger partial charge on any atom is -0.360 e. The van der Waals surface area contributed by atoms with Crippen LogP contribution in [0.2, 0.25) is 0 Å². The van der Waals surface area contributed by atoms with E-state index in [9.17, 15) is 10.1 Å². The lowest BCUT2D eigenvalue weighted by molar-refractivity contribution is -0.384. The number of hydrogen-bond acceptors (Lipinski definition) is 4. The second-order valence-corrected chi connectivity index (χ2v) is 4.33. The van der Waals surface area contributed by atoms with Gasteiger partial charge in [0.15, 0.2) is 0 Å². The average Bonchev–Trinajstić information content (AvgIpc) is 2.80. The minimum absolute atomic E-state index is 0.0599. The standard InChI is InChI=1S/C10H16N4O2/c1-3-4-7-5-8(7)11-10-9(14(15)16)6-13(2)12-10/h6-8H,3-5H2,1-2H3,(H,11,12). The second kappa shape index (κ2) is 4.11. The molecule has 2 unspecified atom stereocenters. The summed E-state index contributed by atoms with van der Waals surface area (Å²) in [6, 6.07) is 0.369. The fraction of sp³-hybridized carbons (Fsp3) is 0.700. The van der Waals surface area contributed by atoms with Crippen molar-refractivity contribution in [1.29, 1.82) is 0 Å². The van der Waals surface area contributed by atoms with Crippen molar-refractivity contribution in [3.8, 4) is 0 Å². The highest BCUT2D eigenvalue weighted by molar-refractivity contribution is 5.55. The molecule has 0 amide bonds. The maximum atomic E-state index is 10.8. The van der Waals surface area contributed by atoms with Crippen LogP contribution in [-0.4, -0.2) is 20.7 Å². The van der Waals surface area contributed by atoms with Crippen LogP contribution in [0.5, 0.6) is 0 Å². The smallest absolute Gasteiger partial charge is 0.330 e. The van der Waals surface area contributed by atoms with Crippen molar-refractivity contribution >= 4 is 11.5 Å². The molecule has 1 aromatic rings. The number of hydrogen-bond donors (Lipinski definition) is 1. The Kier molecular flexibility index (Phi) is 2.80. The highest BCUT2D eigenvalue weighted by Crippen LogP contribution is 2.38. The van der Waals surface area contributed by atoms with E-state index < -0.39 is 4.92 Å². The summed E-state index contributed by atoms with van der Waals surface area (Å²) < 4.78 is 1.47. The first-order valence-electron chi connectivity index (χ1n) is 5.56. The molecule has 0 spiro atoms. The second-order valence-electron chi connectivity index (χ2n) is 4.33. The molecule has 1 aromatic heterocycles. The molecule has 0 bridgehead atoms. The lowest BCUT2D eigenvalue weighted by atomic mass is 10.2. The summed E-state index contributed by atoms with van der Waals surface area (Å²) in [5.41, 5.74) is 0.0599. The Hall–Kier alpha value is -1.59. The molecule has 0 aromatic carbocycles. The zero-order valence-corrected chi connectivity index (χ0v) is 9.51. The Morgan fingerprint density at radius 3 is 3.12 bits per heavy atom. The Bertz CT molecular complexity index is 402. The molecule has 0 aliphatic heterocycles. The molecule has 1 fully saturated rings. The first-order valence-corrected chi connectivity index (χ1v) is 5.56. The van der Waals surface area contributed by atoms with E-state index in [1.165, 1.54) is 17.3 Å². The predicted octanol–water partition coefficient (Wildman–Crippen LogP) is 1.93. The van der Waals surface area contributed by atoms with Gasteiger partial charge in [0.25, 0.3) is 0 Å². The predicted molar refractivity (Wildman–Crippen MR) is 60.3 cm³/mol. The lowest BCUT2D eigenvalue weighted by Gasteiger charge is -2.00. The van der Waals surface area contributed by atoms with Gasteiger partial charge in [0.05, 0.1) is 4.92 Å². The van der Waals surface area contributed by atoms with Crippen molar-refractivity contribution < 1.29 is 4.92 Å². The molecule has 0 radical (unpaired) electrons. The molecule has 1 heterocycles. The first-order chi connectivity index (χ1) is 7.61. The molecule has 6 nitrogen and oxygen atoms in total. The number of aromatic nitrogens is 2. The third kappa shape index (κ3) is 2.15. The largest absolute Gasteiger partial charge is 0.360 e. The Balaban J connectivity index is 2.02. The van der Waals surface area contributed by atoms with Crippen molar-refractivity contribution in [1.82, 2.24) is 9.78 Å². The van der Waals surface area contributed by atoms with E-state index in [1.807, 2.05) is 0 Å². The van der Waals surface area contributed by atoms with E-state index in [4.69, 9.17) is 0 Å². The molecular formula is C10H16N4O2. The minimum atomic E-state index is -0.396. The molecule has 88 valence electrons. The third-order valence-electron chi connectivity index (χ3n) is 2.91. The van der Waals surface area contributed by atoms with Crippen LogP contribution >= 0.6 is 0 Å². The van der Waals surface area contributed by atoms with Gasteiger partial charge < -0.3 is 5.32 Å². The third-order valence-corrected chi connectivity index (χ3v) is 2.91. The Morgan fingerprint density at radius 1 is 1.75 bits per heavy atom. The summed E-state index contributed by atoms with van der Waals surface area (Å²) in [6.45, 7) is 2.15. The van der Waals surface area contributed by atoms with Crippen LogP contribution in [0.15, 0.2) is 6.20 Å². The summed E-state index contributed by atoms with van der Waals surface area (Å²) in [4.78, 5) is 10.4. The van der Waals surface area contributed by atoms with E-state index in [1.54, 1.807) is 7.05 Å². The SMILES string of the molecule is CCCC1CC1Nc1nn(C)cc1[N+](=O)[O-]. The van der Waals surface area contributed by atoms with E-state index in [-0.39, 0.29) is 5.69 Å². The average molecular weight is 224 g/mol. The molecule has 2 atom stereocenters. The van der Waals surface area contributed by atoms with Crippen molar-refractivity contribution in [2.24, 2.45) is 13.0 Å².